The summed E-state index contributed by atoms with van der Waals surface area (Å²) in [4.78, 5) is 27.9. The van der Waals surface area contributed by atoms with Gasteiger partial charge >= 0.3 is 5.97 Å². The van der Waals surface area contributed by atoms with E-state index in [1.807, 2.05) is 71.6 Å². The van der Waals surface area contributed by atoms with Gasteiger partial charge in [0.2, 0.25) is 0 Å². The van der Waals surface area contributed by atoms with Gasteiger partial charge in [-0.1, -0.05) is 36.4 Å². The fourth-order valence-electron chi connectivity index (χ4n) is 3.92. The summed E-state index contributed by atoms with van der Waals surface area (Å²) >= 11 is 0. The number of rotatable bonds is 7. The third kappa shape index (κ3) is 4.97. The van der Waals surface area contributed by atoms with Gasteiger partial charge in [0.05, 0.1) is 6.61 Å². The van der Waals surface area contributed by atoms with Gasteiger partial charge < -0.3 is 19.6 Å². The second-order valence-electron chi connectivity index (χ2n) is 7.65. The van der Waals surface area contributed by atoms with E-state index in [4.69, 9.17) is 9.84 Å². The number of benzene rings is 3. The number of piperazine rings is 1. The van der Waals surface area contributed by atoms with Crippen molar-refractivity contribution < 1.29 is 19.4 Å². The predicted molar refractivity (Wildman–Crippen MR) is 121 cm³/mol. The number of amides is 1. The quantitative estimate of drug-likeness (QED) is 0.587. The fourth-order valence-corrected chi connectivity index (χ4v) is 3.92. The SMILES string of the molecule is O=C(O)CCCOc1ccc(N2CCN(C(=O)c3cccc4ccccc34)CC2)cc1. The van der Waals surface area contributed by atoms with Crippen LogP contribution in [-0.4, -0.2) is 54.7 Å². The number of aliphatic carboxylic acids is 1. The van der Waals surface area contributed by atoms with Crippen molar-refractivity contribution in [1.29, 1.82) is 0 Å². The minimum absolute atomic E-state index is 0.0848. The summed E-state index contributed by atoms with van der Waals surface area (Å²) in [5.74, 6) is 0.0116. The van der Waals surface area contributed by atoms with Crippen molar-refractivity contribution >= 4 is 28.3 Å². The Bertz CT molecular complexity index is 1050. The summed E-state index contributed by atoms with van der Waals surface area (Å²) in [5.41, 5.74) is 1.85. The summed E-state index contributed by atoms with van der Waals surface area (Å²) < 4.78 is 5.60. The zero-order valence-corrected chi connectivity index (χ0v) is 17.4. The minimum Gasteiger partial charge on any atom is -0.494 e. The minimum atomic E-state index is -0.808. The van der Waals surface area contributed by atoms with E-state index in [-0.39, 0.29) is 12.3 Å². The van der Waals surface area contributed by atoms with Crippen LogP contribution in [0.1, 0.15) is 23.2 Å². The van der Waals surface area contributed by atoms with Crippen LogP contribution in [0.4, 0.5) is 5.69 Å². The first kappa shape index (κ1) is 20.7. The highest BCUT2D eigenvalue weighted by molar-refractivity contribution is 6.07. The number of carboxylic acid groups (broad SMARTS) is 1. The zero-order valence-electron chi connectivity index (χ0n) is 17.4. The Balaban J connectivity index is 1.33. The average molecular weight is 418 g/mol. The summed E-state index contributed by atoms with van der Waals surface area (Å²) in [6.07, 6.45) is 0.601. The van der Waals surface area contributed by atoms with E-state index in [1.54, 1.807) is 0 Å². The Morgan fingerprint density at radius 1 is 0.871 bits per heavy atom. The third-order valence-electron chi connectivity index (χ3n) is 5.59. The van der Waals surface area contributed by atoms with Crippen LogP contribution in [-0.2, 0) is 4.79 Å². The second kappa shape index (κ2) is 9.51. The molecule has 1 N–H and O–H groups in total. The highest BCUT2D eigenvalue weighted by Gasteiger charge is 2.23. The molecule has 1 aliphatic heterocycles. The van der Waals surface area contributed by atoms with Gasteiger partial charge in [0.25, 0.3) is 5.91 Å². The van der Waals surface area contributed by atoms with Crippen LogP contribution in [0.2, 0.25) is 0 Å². The molecule has 4 rings (SSSR count). The lowest BCUT2D eigenvalue weighted by atomic mass is 10.0. The normalized spacial score (nSPS) is 13.9. The molecule has 1 aliphatic rings. The summed E-state index contributed by atoms with van der Waals surface area (Å²) in [7, 11) is 0. The molecule has 0 unspecified atom stereocenters. The number of nitrogens with zero attached hydrogens (tertiary/aromatic N) is 2. The largest absolute Gasteiger partial charge is 0.494 e. The van der Waals surface area contributed by atoms with Crippen molar-refractivity contribution in [3.8, 4) is 5.75 Å². The van der Waals surface area contributed by atoms with Gasteiger partial charge in [-0.15, -0.1) is 0 Å². The maximum Gasteiger partial charge on any atom is 0.303 e. The Hall–Kier alpha value is -3.54. The van der Waals surface area contributed by atoms with Gasteiger partial charge in [0.1, 0.15) is 5.75 Å². The molecule has 3 aromatic carbocycles. The van der Waals surface area contributed by atoms with E-state index in [9.17, 15) is 9.59 Å². The Morgan fingerprint density at radius 3 is 2.32 bits per heavy atom. The zero-order chi connectivity index (χ0) is 21.6. The molecular formula is C25H26N2O4. The first-order valence-electron chi connectivity index (χ1n) is 10.6. The van der Waals surface area contributed by atoms with E-state index >= 15 is 0 Å². The summed E-state index contributed by atoms with van der Waals surface area (Å²) in [5, 5.41) is 10.7. The Morgan fingerprint density at radius 2 is 1.58 bits per heavy atom. The number of anilines is 1. The van der Waals surface area contributed by atoms with Gasteiger partial charge in [-0.05, 0) is 47.5 Å². The van der Waals surface area contributed by atoms with E-state index < -0.39 is 5.97 Å². The third-order valence-corrected chi connectivity index (χ3v) is 5.59. The van der Waals surface area contributed by atoms with Gasteiger partial charge in [0.15, 0.2) is 0 Å². The number of fused-ring (bicyclic) bond motifs is 1. The molecule has 0 bridgehead atoms. The number of hydrogen-bond donors (Lipinski definition) is 1. The molecule has 1 saturated heterocycles. The van der Waals surface area contributed by atoms with Gasteiger partial charge in [-0.25, -0.2) is 0 Å². The highest BCUT2D eigenvalue weighted by atomic mass is 16.5. The molecule has 31 heavy (non-hydrogen) atoms. The standard InChI is InChI=1S/C25H26N2O4/c28-24(29)9-4-18-31-21-12-10-20(11-13-21)26-14-16-27(17-15-26)25(30)23-8-3-6-19-5-1-2-7-22(19)23/h1-3,5-8,10-13H,4,9,14-18H2,(H,28,29). The molecule has 0 saturated carbocycles. The van der Waals surface area contributed by atoms with Crippen LogP contribution in [0.25, 0.3) is 10.8 Å². The maximum atomic E-state index is 13.1. The number of carbonyl (C=O) groups is 2. The number of carboxylic acids is 1. The van der Waals surface area contributed by atoms with Gasteiger partial charge in [-0.2, -0.15) is 0 Å². The lowest BCUT2D eigenvalue weighted by molar-refractivity contribution is -0.137. The van der Waals surface area contributed by atoms with Crippen LogP contribution in [0.15, 0.2) is 66.7 Å². The lowest BCUT2D eigenvalue weighted by Crippen LogP contribution is -2.48. The molecule has 0 aliphatic carbocycles. The molecule has 3 aromatic rings. The fraction of sp³-hybridized carbons (Fsp3) is 0.280. The molecular weight excluding hydrogens is 392 g/mol. The topological polar surface area (TPSA) is 70.1 Å². The molecule has 0 atom stereocenters. The Labute approximate surface area is 181 Å². The molecule has 1 fully saturated rings. The number of hydrogen-bond acceptors (Lipinski definition) is 4. The molecule has 0 aromatic heterocycles. The smallest absolute Gasteiger partial charge is 0.303 e. The summed E-state index contributed by atoms with van der Waals surface area (Å²) in [6.45, 7) is 3.29. The van der Waals surface area contributed by atoms with Gasteiger partial charge in [-0.3, -0.25) is 9.59 Å². The molecule has 1 heterocycles. The molecule has 0 radical (unpaired) electrons. The molecule has 1 amide bonds. The number of carbonyl (C=O) groups excluding carboxylic acids is 1. The van der Waals surface area contributed by atoms with E-state index in [1.165, 1.54) is 0 Å². The summed E-state index contributed by atoms with van der Waals surface area (Å²) in [6, 6.07) is 21.7. The first-order chi connectivity index (χ1) is 15.1. The van der Waals surface area contributed by atoms with Crippen LogP contribution in [0, 0.1) is 0 Å². The second-order valence-corrected chi connectivity index (χ2v) is 7.65. The van der Waals surface area contributed by atoms with E-state index in [0.717, 1.165) is 40.9 Å². The van der Waals surface area contributed by atoms with Crippen LogP contribution in [0.5, 0.6) is 5.75 Å². The van der Waals surface area contributed by atoms with Crippen molar-refractivity contribution in [2.24, 2.45) is 0 Å². The maximum absolute atomic E-state index is 13.1. The lowest BCUT2D eigenvalue weighted by Gasteiger charge is -2.36. The molecule has 160 valence electrons. The van der Waals surface area contributed by atoms with Crippen molar-refractivity contribution in [1.82, 2.24) is 4.90 Å². The van der Waals surface area contributed by atoms with Crippen LogP contribution < -0.4 is 9.64 Å². The highest BCUT2D eigenvalue weighted by Crippen LogP contribution is 2.23. The van der Waals surface area contributed by atoms with Crippen LogP contribution >= 0.6 is 0 Å². The van der Waals surface area contributed by atoms with Crippen LogP contribution in [0.3, 0.4) is 0 Å². The molecule has 0 spiro atoms. The average Bonchev–Trinajstić information content (AvgIpc) is 2.81. The van der Waals surface area contributed by atoms with E-state index in [0.29, 0.717) is 26.1 Å². The van der Waals surface area contributed by atoms with Gasteiger partial charge in [0, 0.05) is 43.9 Å². The van der Waals surface area contributed by atoms with Crippen molar-refractivity contribution in [3.05, 3.63) is 72.3 Å². The first-order valence-corrected chi connectivity index (χ1v) is 10.6. The molecule has 6 nitrogen and oxygen atoms in total. The van der Waals surface area contributed by atoms with Crippen molar-refractivity contribution in [3.63, 3.8) is 0 Å². The number of ether oxygens (including phenoxy) is 1. The van der Waals surface area contributed by atoms with E-state index in [2.05, 4.69) is 4.90 Å². The Kier molecular flexibility index (Phi) is 6.36. The monoisotopic (exact) mass is 418 g/mol. The van der Waals surface area contributed by atoms with Crippen molar-refractivity contribution in [2.75, 3.05) is 37.7 Å². The molecule has 6 heteroatoms. The van der Waals surface area contributed by atoms with Crippen molar-refractivity contribution in [2.45, 2.75) is 12.8 Å². The predicted octanol–water partition coefficient (Wildman–Crippen LogP) is 4.05.